The van der Waals surface area contributed by atoms with Crippen LogP contribution in [-0.2, 0) is 4.74 Å². The number of amides is 2. The monoisotopic (exact) mass is 449 g/mol. The minimum Gasteiger partial charge on any atom is -0.450 e. The van der Waals surface area contributed by atoms with Gasteiger partial charge in [0.2, 0.25) is 11.6 Å². The highest BCUT2D eigenvalue weighted by molar-refractivity contribution is 6.30. The summed E-state index contributed by atoms with van der Waals surface area (Å²) < 4.78 is 4.98. The van der Waals surface area contributed by atoms with Crippen LogP contribution in [0.25, 0.3) is 0 Å². The molecule has 0 aliphatic carbocycles. The van der Waals surface area contributed by atoms with E-state index < -0.39 is 22.6 Å². The summed E-state index contributed by atoms with van der Waals surface area (Å²) in [5.41, 5.74) is 4.74. The number of hydrogen-bond donors (Lipinski definition) is 2. The molecule has 2 aromatic rings. The third-order valence-corrected chi connectivity index (χ3v) is 4.71. The van der Waals surface area contributed by atoms with Crippen molar-refractivity contribution in [2.45, 2.75) is 6.92 Å². The highest BCUT2D eigenvalue weighted by Crippen LogP contribution is 2.32. The molecule has 31 heavy (non-hydrogen) atoms. The quantitative estimate of drug-likeness (QED) is 0.500. The number of hydrogen-bond acceptors (Lipinski definition) is 9. The first-order valence-corrected chi connectivity index (χ1v) is 9.76. The highest BCUT2D eigenvalue weighted by Gasteiger charge is 2.30. The van der Waals surface area contributed by atoms with E-state index in [9.17, 15) is 19.7 Å². The predicted molar refractivity (Wildman–Crippen MR) is 112 cm³/mol. The topological polar surface area (TPSA) is 143 Å². The molecule has 13 heteroatoms. The third-order valence-electron chi connectivity index (χ3n) is 4.47. The molecule has 0 spiro atoms. The van der Waals surface area contributed by atoms with E-state index in [2.05, 4.69) is 20.8 Å². The van der Waals surface area contributed by atoms with Crippen molar-refractivity contribution in [3.05, 3.63) is 51.3 Å². The fourth-order valence-corrected chi connectivity index (χ4v) is 3.18. The lowest BCUT2D eigenvalue weighted by Crippen LogP contribution is -2.49. The number of hydrazine groups is 1. The van der Waals surface area contributed by atoms with E-state index in [0.717, 1.165) is 6.33 Å². The fourth-order valence-electron chi connectivity index (χ4n) is 2.99. The molecule has 2 heterocycles. The molecule has 0 atom stereocenters. The molecule has 164 valence electrons. The van der Waals surface area contributed by atoms with Crippen molar-refractivity contribution in [2.24, 2.45) is 0 Å². The van der Waals surface area contributed by atoms with E-state index in [1.54, 1.807) is 30.0 Å². The molecule has 1 aliphatic heterocycles. The van der Waals surface area contributed by atoms with Gasteiger partial charge in [0.1, 0.15) is 6.33 Å². The Morgan fingerprint density at radius 2 is 2.00 bits per heavy atom. The van der Waals surface area contributed by atoms with Crippen molar-refractivity contribution in [3.63, 3.8) is 0 Å². The average Bonchev–Trinajstić information content (AvgIpc) is 2.77. The van der Waals surface area contributed by atoms with Crippen molar-refractivity contribution in [3.8, 4) is 0 Å². The van der Waals surface area contributed by atoms with E-state index in [-0.39, 0.29) is 23.8 Å². The van der Waals surface area contributed by atoms with Crippen molar-refractivity contribution >= 4 is 40.9 Å². The highest BCUT2D eigenvalue weighted by atomic mass is 35.5. The number of nitro groups is 1. The van der Waals surface area contributed by atoms with Crippen LogP contribution in [0.4, 0.5) is 22.1 Å². The smallest absolute Gasteiger partial charge is 0.409 e. The van der Waals surface area contributed by atoms with Gasteiger partial charge >= 0.3 is 11.8 Å². The van der Waals surface area contributed by atoms with Crippen molar-refractivity contribution in [1.29, 1.82) is 0 Å². The number of nitrogens with one attached hydrogen (secondary N) is 2. The van der Waals surface area contributed by atoms with Gasteiger partial charge in [0.05, 0.1) is 11.5 Å². The number of carbonyl (C=O) groups excluding carboxylic acids is 2. The van der Waals surface area contributed by atoms with Crippen LogP contribution < -0.4 is 15.8 Å². The summed E-state index contributed by atoms with van der Waals surface area (Å²) in [6, 6.07) is 6.24. The molecular weight excluding hydrogens is 430 g/mol. The number of anilines is 2. The van der Waals surface area contributed by atoms with Gasteiger partial charge in [0.25, 0.3) is 5.91 Å². The maximum Gasteiger partial charge on any atom is 0.409 e. The van der Waals surface area contributed by atoms with Gasteiger partial charge in [-0.2, -0.15) is 0 Å². The number of piperazine rings is 1. The van der Waals surface area contributed by atoms with E-state index in [0.29, 0.717) is 31.2 Å². The summed E-state index contributed by atoms with van der Waals surface area (Å²) in [6.07, 6.45) is 0.735. The lowest BCUT2D eigenvalue weighted by molar-refractivity contribution is -0.383. The first-order valence-electron chi connectivity index (χ1n) is 9.38. The van der Waals surface area contributed by atoms with Gasteiger partial charge in [-0.15, -0.1) is 0 Å². The molecule has 0 bridgehead atoms. The second-order valence-corrected chi connectivity index (χ2v) is 6.85. The molecule has 1 aromatic heterocycles. The molecule has 1 aromatic carbocycles. The number of carbonyl (C=O) groups is 2. The molecule has 3 rings (SSSR count). The van der Waals surface area contributed by atoms with Crippen LogP contribution in [-0.4, -0.2) is 64.6 Å². The maximum atomic E-state index is 12.3. The second kappa shape index (κ2) is 9.89. The summed E-state index contributed by atoms with van der Waals surface area (Å²) >= 11 is 5.88. The molecule has 1 aliphatic rings. The van der Waals surface area contributed by atoms with Crippen molar-refractivity contribution < 1.29 is 19.2 Å². The van der Waals surface area contributed by atoms with E-state index in [1.165, 1.54) is 11.0 Å². The zero-order chi connectivity index (χ0) is 22.4. The average molecular weight is 450 g/mol. The van der Waals surface area contributed by atoms with Crippen molar-refractivity contribution in [1.82, 2.24) is 20.3 Å². The minimum atomic E-state index is -0.624. The SMILES string of the molecule is CCOC(=O)N1CCN(c2ncnc(NNC(=O)c3cccc(Cl)c3)c2[N+](=O)[O-])CC1. The Kier molecular flexibility index (Phi) is 7.03. The first kappa shape index (κ1) is 22.0. The summed E-state index contributed by atoms with van der Waals surface area (Å²) in [4.78, 5) is 46.4. The first-order chi connectivity index (χ1) is 14.9. The lowest BCUT2D eigenvalue weighted by Gasteiger charge is -2.34. The molecular formula is C18H20ClN7O5. The Morgan fingerprint density at radius 3 is 2.65 bits per heavy atom. The molecule has 0 saturated carbocycles. The van der Waals surface area contributed by atoms with Crippen LogP contribution in [0.2, 0.25) is 5.02 Å². The number of ether oxygens (including phenoxy) is 1. The second-order valence-electron chi connectivity index (χ2n) is 6.41. The Labute approximate surface area is 182 Å². The summed E-state index contributed by atoms with van der Waals surface area (Å²) in [7, 11) is 0. The predicted octanol–water partition coefficient (Wildman–Crippen LogP) is 2.07. The molecule has 0 radical (unpaired) electrons. The molecule has 1 saturated heterocycles. The van der Waals surface area contributed by atoms with Gasteiger partial charge in [-0.1, -0.05) is 17.7 Å². The van der Waals surface area contributed by atoms with Gasteiger partial charge in [0, 0.05) is 36.8 Å². The van der Waals surface area contributed by atoms with E-state index >= 15 is 0 Å². The van der Waals surface area contributed by atoms with Crippen LogP contribution in [0, 0.1) is 10.1 Å². The molecule has 2 amide bonds. The van der Waals surface area contributed by atoms with Gasteiger partial charge in [0.15, 0.2) is 0 Å². The van der Waals surface area contributed by atoms with Crippen LogP contribution in [0.5, 0.6) is 0 Å². The summed E-state index contributed by atoms with van der Waals surface area (Å²) in [6.45, 7) is 3.29. The Bertz CT molecular complexity index is 982. The van der Waals surface area contributed by atoms with Crippen LogP contribution in [0.15, 0.2) is 30.6 Å². The van der Waals surface area contributed by atoms with Crippen molar-refractivity contribution in [2.75, 3.05) is 43.1 Å². The maximum absolute atomic E-state index is 12.3. The number of aromatic nitrogens is 2. The number of halogens is 1. The largest absolute Gasteiger partial charge is 0.450 e. The lowest BCUT2D eigenvalue weighted by atomic mass is 10.2. The van der Waals surface area contributed by atoms with Gasteiger partial charge in [-0.25, -0.2) is 14.8 Å². The molecule has 12 nitrogen and oxygen atoms in total. The van der Waals surface area contributed by atoms with Gasteiger partial charge in [-0.3, -0.25) is 25.8 Å². The summed E-state index contributed by atoms with van der Waals surface area (Å²) in [5, 5.41) is 12.1. The Balaban J connectivity index is 1.73. The normalized spacial score (nSPS) is 13.5. The molecule has 2 N–H and O–H groups in total. The fraction of sp³-hybridized carbons (Fsp3) is 0.333. The Hall–Kier alpha value is -3.67. The van der Waals surface area contributed by atoms with Crippen LogP contribution in [0.3, 0.4) is 0 Å². The Morgan fingerprint density at radius 1 is 1.26 bits per heavy atom. The van der Waals surface area contributed by atoms with Gasteiger partial charge in [-0.05, 0) is 25.1 Å². The van der Waals surface area contributed by atoms with Crippen LogP contribution in [0.1, 0.15) is 17.3 Å². The standard InChI is InChI=1S/C18H20ClN7O5/c1-2-31-18(28)25-8-6-24(7-9-25)16-14(26(29)30)15(20-11-21-16)22-23-17(27)12-4-3-5-13(19)10-12/h3-5,10-11H,2,6-9H2,1H3,(H,23,27)(H,20,21,22). The minimum absolute atomic E-state index is 0.0861. The molecule has 1 fully saturated rings. The van der Waals surface area contributed by atoms with E-state index in [1.807, 2.05) is 0 Å². The number of rotatable bonds is 6. The van der Waals surface area contributed by atoms with Crippen LogP contribution >= 0.6 is 11.6 Å². The third kappa shape index (κ3) is 5.28. The zero-order valence-corrected chi connectivity index (χ0v) is 17.3. The number of benzene rings is 1. The number of nitrogens with zero attached hydrogens (tertiary/aromatic N) is 5. The van der Waals surface area contributed by atoms with E-state index in [4.69, 9.17) is 16.3 Å². The van der Waals surface area contributed by atoms with Gasteiger partial charge < -0.3 is 14.5 Å². The summed E-state index contributed by atoms with van der Waals surface area (Å²) in [5.74, 6) is -0.624. The molecule has 0 unspecified atom stereocenters. The zero-order valence-electron chi connectivity index (χ0n) is 16.6.